The van der Waals surface area contributed by atoms with E-state index in [1.807, 2.05) is 26.2 Å². The number of aryl methyl sites for hydroxylation is 1. The second-order valence-corrected chi connectivity index (χ2v) is 6.47. The molecule has 102 valence electrons. The number of thiazole rings is 1. The maximum Gasteiger partial charge on any atom is 0.226 e. The number of hydrogen-bond donors (Lipinski definition) is 2. The molecule has 0 bridgehead atoms. The molecule has 4 nitrogen and oxygen atoms in total. The number of nitrogens with one attached hydrogen (secondary N) is 1. The predicted octanol–water partition coefficient (Wildman–Crippen LogP) is 1.91. The summed E-state index contributed by atoms with van der Waals surface area (Å²) in [6.45, 7) is 8.05. The van der Waals surface area contributed by atoms with Crippen molar-refractivity contribution in [2.24, 2.45) is 5.92 Å². The third kappa shape index (κ3) is 5.60. The molecule has 1 heterocycles. The van der Waals surface area contributed by atoms with E-state index >= 15 is 0 Å². The Hall–Kier alpha value is -0.940. The number of hydrogen-bond acceptors (Lipinski definition) is 4. The molecule has 1 atom stereocenters. The zero-order chi connectivity index (χ0) is 13.8. The van der Waals surface area contributed by atoms with E-state index < -0.39 is 5.60 Å². The minimum atomic E-state index is -0.845. The molecule has 0 aliphatic heterocycles. The van der Waals surface area contributed by atoms with Crippen LogP contribution in [0.15, 0.2) is 5.38 Å². The van der Waals surface area contributed by atoms with Crippen LogP contribution in [0.1, 0.15) is 37.9 Å². The van der Waals surface area contributed by atoms with Crippen molar-refractivity contribution in [3.8, 4) is 0 Å². The molecule has 1 rings (SSSR count). The molecule has 5 heteroatoms. The molecule has 2 N–H and O–H groups in total. The zero-order valence-corrected chi connectivity index (χ0v) is 12.3. The number of carbonyl (C=O) groups is 1. The van der Waals surface area contributed by atoms with Crippen LogP contribution >= 0.6 is 11.3 Å². The van der Waals surface area contributed by atoms with Gasteiger partial charge in [-0.3, -0.25) is 4.79 Å². The molecular weight excluding hydrogens is 248 g/mol. The fourth-order valence-electron chi connectivity index (χ4n) is 1.96. The number of aliphatic hydroxyl groups is 1. The summed E-state index contributed by atoms with van der Waals surface area (Å²) in [5.74, 6) is 0.308. The van der Waals surface area contributed by atoms with E-state index in [2.05, 4.69) is 10.3 Å². The van der Waals surface area contributed by atoms with Gasteiger partial charge in [-0.05, 0) is 26.2 Å². The Kier molecular flexibility index (Phi) is 5.28. The van der Waals surface area contributed by atoms with Crippen LogP contribution in [-0.2, 0) is 11.2 Å². The molecule has 1 aromatic rings. The highest BCUT2D eigenvalue weighted by Gasteiger charge is 2.22. The first-order valence-corrected chi connectivity index (χ1v) is 7.06. The van der Waals surface area contributed by atoms with Gasteiger partial charge in [0.1, 0.15) is 0 Å². The average molecular weight is 270 g/mol. The molecule has 0 radical (unpaired) electrons. The predicted molar refractivity (Wildman–Crippen MR) is 73.6 cm³/mol. The summed E-state index contributed by atoms with van der Waals surface area (Å²) in [7, 11) is 0. The highest BCUT2D eigenvalue weighted by Crippen LogP contribution is 2.15. The Morgan fingerprint density at radius 1 is 1.61 bits per heavy atom. The topological polar surface area (TPSA) is 62.2 Å². The lowest BCUT2D eigenvalue weighted by Gasteiger charge is -2.25. The van der Waals surface area contributed by atoms with Crippen molar-refractivity contribution >= 4 is 17.2 Å². The van der Waals surface area contributed by atoms with Crippen LogP contribution in [-0.4, -0.2) is 28.1 Å². The number of aromatic nitrogens is 1. The first kappa shape index (κ1) is 15.1. The standard InChI is InChI=1S/C13H22N2O2S/c1-9(2)6-13(4,17)8-14-12(16)5-11-7-18-10(3)15-11/h7,9,17H,5-6,8H2,1-4H3,(H,14,16). The maximum absolute atomic E-state index is 11.7. The van der Waals surface area contributed by atoms with E-state index in [1.54, 1.807) is 6.92 Å². The Labute approximate surface area is 112 Å². The average Bonchev–Trinajstić information content (AvgIpc) is 2.59. The van der Waals surface area contributed by atoms with Gasteiger partial charge in [0.25, 0.3) is 0 Å². The lowest BCUT2D eigenvalue weighted by atomic mass is 9.94. The number of amides is 1. The van der Waals surface area contributed by atoms with Gasteiger partial charge < -0.3 is 10.4 Å². The monoisotopic (exact) mass is 270 g/mol. The van der Waals surface area contributed by atoms with Gasteiger partial charge in [-0.15, -0.1) is 11.3 Å². The first-order valence-electron chi connectivity index (χ1n) is 6.18. The van der Waals surface area contributed by atoms with Crippen molar-refractivity contribution in [2.75, 3.05) is 6.54 Å². The van der Waals surface area contributed by atoms with Gasteiger partial charge in [0.15, 0.2) is 0 Å². The number of nitrogens with zero attached hydrogens (tertiary/aromatic N) is 1. The third-order valence-corrected chi connectivity index (χ3v) is 3.34. The summed E-state index contributed by atoms with van der Waals surface area (Å²) in [6.07, 6.45) is 0.950. The Morgan fingerprint density at radius 2 is 2.28 bits per heavy atom. The van der Waals surface area contributed by atoms with Crippen molar-refractivity contribution in [1.82, 2.24) is 10.3 Å². The minimum Gasteiger partial charge on any atom is -0.388 e. The van der Waals surface area contributed by atoms with E-state index in [1.165, 1.54) is 11.3 Å². The van der Waals surface area contributed by atoms with E-state index in [0.717, 1.165) is 10.7 Å². The molecule has 0 saturated carbocycles. The Bertz CT molecular complexity index is 399. The van der Waals surface area contributed by atoms with Crippen LogP contribution in [0, 0.1) is 12.8 Å². The van der Waals surface area contributed by atoms with Crippen LogP contribution < -0.4 is 5.32 Å². The molecule has 1 aromatic heterocycles. The molecule has 1 amide bonds. The largest absolute Gasteiger partial charge is 0.388 e. The van der Waals surface area contributed by atoms with Gasteiger partial charge in [-0.25, -0.2) is 4.98 Å². The smallest absolute Gasteiger partial charge is 0.226 e. The highest BCUT2D eigenvalue weighted by atomic mass is 32.1. The number of rotatable bonds is 6. The van der Waals surface area contributed by atoms with Gasteiger partial charge in [0.05, 0.1) is 22.7 Å². The fraction of sp³-hybridized carbons (Fsp3) is 0.692. The summed E-state index contributed by atoms with van der Waals surface area (Å²) < 4.78 is 0. The van der Waals surface area contributed by atoms with E-state index in [0.29, 0.717) is 12.3 Å². The molecule has 18 heavy (non-hydrogen) atoms. The molecule has 0 spiro atoms. The summed E-state index contributed by atoms with van der Waals surface area (Å²) in [6, 6.07) is 0. The van der Waals surface area contributed by atoms with Crippen LogP contribution in [0.25, 0.3) is 0 Å². The van der Waals surface area contributed by atoms with Crippen LogP contribution in [0.5, 0.6) is 0 Å². The second kappa shape index (κ2) is 6.29. The summed E-state index contributed by atoms with van der Waals surface area (Å²) in [4.78, 5) is 15.9. The minimum absolute atomic E-state index is 0.0932. The van der Waals surface area contributed by atoms with Crippen LogP contribution in [0.2, 0.25) is 0 Å². The van der Waals surface area contributed by atoms with Crippen molar-refractivity contribution < 1.29 is 9.90 Å². The van der Waals surface area contributed by atoms with E-state index in [-0.39, 0.29) is 18.9 Å². The SMILES string of the molecule is Cc1nc(CC(=O)NCC(C)(O)CC(C)C)cs1. The van der Waals surface area contributed by atoms with Crippen LogP contribution in [0.4, 0.5) is 0 Å². The van der Waals surface area contributed by atoms with Gasteiger partial charge in [-0.2, -0.15) is 0 Å². The first-order chi connectivity index (χ1) is 8.28. The summed E-state index contributed by atoms with van der Waals surface area (Å²) in [5, 5.41) is 15.7. The lowest BCUT2D eigenvalue weighted by Crippen LogP contribution is -2.42. The fourth-order valence-corrected chi connectivity index (χ4v) is 2.57. The molecule has 0 aromatic carbocycles. The van der Waals surface area contributed by atoms with E-state index in [4.69, 9.17) is 0 Å². The van der Waals surface area contributed by atoms with Crippen LogP contribution in [0.3, 0.4) is 0 Å². The summed E-state index contributed by atoms with van der Waals surface area (Å²) in [5.41, 5.74) is -0.0551. The number of carbonyl (C=O) groups excluding carboxylic acids is 1. The normalized spacial score (nSPS) is 14.6. The van der Waals surface area contributed by atoms with Gasteiger partial charge in [-0.1, -0.05) is 13.8 Å². The Morgan fingerprint density at radius 3 is 2.78 bits per heavy atom. The van der Waals surface area contributed by atoms with Gasteiger partial charge in [0, 0.05) is 11.9 Å². The zero-order valence-electron chi connectivity index (χ0n) is 11.5. The second-order valence-electron chi connectivity index (χ2n) is 5.41. The van der Waals surface area contributed by atoms with E-state index in [9.17, 15) is 9.90 Å². The van der Waals surface area contributed by atoms with Crippen molar-refractivity contribution in [3.05, 3.63) is 16.1 Å². The van der Waals surface area contributed by atoms with Crippen molar-refractivity contribution in [3.63, 3.8) is 0 Å². The van der Waals surface area contributed by atoms with Gasteiger partial charge in [0.2, 0.25) is 5.91 Å². The summed E-state index contributed by atoms with van der Waals surface area (Å²) >= 11 is 1.54. The van der Waals surface area contributed by atoms with Crippen molar-refractivity contribution in [1.29, 1.82) is 0 Å². The molecule has 0 fully saturated rings. The molecule has 1 unspecified atom stereocenters. The third-order valence-electron chi connectivity index (χ3n) is 2.52. The lowest BCUT2D eigenvalue weighted by molar-refractivity contribution is -0.121. The molecule has 0 saturated heterocycles. The maximum atomic E-state index is 11.7. The molecule has 0 aliphatic carbocycles. The highest BCUT2D eigenvalue weighted by molar-refractivity contribution is 7.09. The van der Waals surface area contributed by atoms with Gasteiger partial charge >= 0.3 is 0 Å². The molecule has 0 aliphatic rings. The quantitative estimate of drug-likeness (QED) is 0.830. The Balaban J connectivity index is 2.37. The molecular formula is C13H22N2O2S. The van der Waals surface area contributed by atoms with Crippen molar-refractivity contribution in [2.45, 2.75) is 46.1 Å².